The minimum atomic E-state index is -0.410. The highest BCUT2D eigenvalue weighted by atomic mass is 16.3. The molecule has 2 aromatic rings. The molecule has 0 spiro atoms. The number of carbonyl (C=O) groups is 2. The van der Waals surface area contributed by atoms with Crippen LogP contribution in [0.2, 0.25) is 0 Å². The highest BCUT2D eigenvalue weighted by Crippen LogP contribution is 2.24. The fourth-order valence-corrected chi connectivity index (χ4v) is 3.47. The molecule has 0 bridgehead atoms. The van der Waals surface area contributed by atoms with E-state index >= 15 is 0 Å². The maximum atomic E-state index is 12.0. The third-order valence-electron chi connectivity index (χ3n) is 5.12. The Morgan fingerprint density at radius 3 is 2.77 bits per heavy atom. The molecule has 3 rings (SSSR count). The Morgan fingerprint density at radius 2 is 2.00 bits per heavy atom. The third-order valence-corrected chi connectivity index (χ3v) is 5.12. The van der Waals surface area contributed by atoms with Gasteiger partial charge in [0, 0.05) is 11.4 Å². The molecule has 1 fully saturated rings. The first-order valence-corrected chi connectivity index (χ1v) is 9.35. The highest BCUT2D eigenvalue weighted by Gasteiger charge is 2.23. The third kappa shape index (κ3) is 4.64. The van der Waals surface area contributed by atoms with Crippen molar-refractivity contribution in [3.8, 4) is 0 Å². The molecule has 1 aromatic heterocycles. The predicted octanol–water partition coefficient (Wildman–Crippen LogP) is 3.49. The maximum Gasteiger partial charge on any atom is 0.321 e. The number of furan rings is 1. The molecular formula is C20H27N3O3. The summed E-state index contributed by atoms with van der Waals surface area (Å²) in [5.41, 5.74) is 0.821. The van der Waals surface area contributed by atoms with Crippen molar-refractivity contribution in [3.63, 3.8) is 0 Å². The number of para-hydroxylation sites is 1. The second-order valence-corrected chi connectivity index (χ2v) is 7.18. The Kier molecular flexibility index (Phi) is 5.93. The van der Waals surface area contributed by atoms with Gasteiger partial charge in [0.2, 0.25) is 5.91 Å². The van der Waals surface area contributed by atoms with E-state index in [2.05, 4.69) is 22.9 Å². The fraction of sp³-hybridized carbons (Fsp3) is 0.500. The summed E-state index contributed by atoms with van der Waals surface area (Å²) < 4.78 is 5.78. The fourth-order valence-electron chi connectivity index (χ4n) is 3.47. The standard InChI is InChI=1S/C20H27N3O3/c1-13-7-3-5-9-16(13)22-20(25)23-19(24)12-21-14(2)18-11-15-8-4-6-10-17(15)26-18/h4,6,8,10-11,13-14,16,21H,3,5,7,9,12H2,1-2H3,(H2,22,23,24,25). The summed E-state index contributed by atoms with van der Waals surface area (Å²) >= 11 is 0. The quantitative estimate of drug-likeness (QED) is 0.765. The molecule has 1 aliphatic rings. The number of benzene rings is 1. The van der Waals surface area contributed by atoms with Gasteiger partial charge in [0.1, 0.15) is 11.3 Å². The number of hydrogen-bond donors (Lipinski definition) is 3. The summed E-state index contributed by atoms with van der Waals surface area (Å²) in [6.45, 7) is 4.11. The van der Waals surface area contributed by atoms with Gasteiger partial charge in [-0.25, -0.2) is 4.79 Å². The predicted molar refractivity (Wildman–Crippen MR) is 101 cm³/mol. The molecule has 1 heterocycles. The molecule has 3 amide bonds. The lowest BCUT2D eigenvalue weighted by Crippen LogP contribution is -2.49. The lowest BCUT2D eigenvalue weighted by Gasteiger charge is -2.29. The van der Waals surface area contributed by atoms with Gasteiger partial charge in [0.15, 0.2) is 0 Å². The van der Waals surface area contributed by atoms with Gasteiger partial charge in [0.25, 0.3) is 0 Å². The van der Waals surface area contributed by atoms with Crippen LogP contribution in [0.3, 0.4) is 0 Å². The number of urea groups is 1. The Labute approximate surface area is 153 Å². The van der Waals surface area contributed by atoms with Gasteiger partial charge in [-0.05, 0) is 37.8 Å². The zero-order chi connectivity index (χ0) is 18.5. The summed E-state index contributed by atoms with van der Waals surface area (Å²) in [5, 5.41) is 9.44. The molecule has 6 nitrogen and oxygen atoms in total. The van der Waals surface area contributed by atoms with E-state index in [0.29, 0.717) is 5.92 Å². The number of rotatable bonds is 5. The zero-order valence-corrected chi connectivity index (χ0v) is 15.4. The molecule has 6 heteroatoms. The van der Waals surface area contributed by atoms with E-state index in [1.165, 1.54) is 6.42 Å². The van der Waals surface area contributed by atoms with Crippen LogP contribution in [0.5, 0.6) is 0 Å². The first-order valence-electron chi connectivity index (χ1n) is 9.35. The number of fused-ring (bicyclic) bond motifs is 1. The van der Waals surface area contributed by atoms with E-state index in [-0.39, 0.29) is 24.5 Å². The Hall–Kier alpha value is -2.34. The number of amides is 3. The van der Waals surface area contributed by atoms with Gasteiger partial charge < -0.3 is 9.73 Å². The smallest absolute Gasteiger partial charge is 0.321 e. The minimum Gasteiger partial charge on any atom is -0.459 e. The van der Waals surface area contributed by atoms with Crippen LogP contribution in [-0.2, 0) is 4.79 Å². The van der Waals surface area contributed by atoms with Crippen LogP contribution >= 0.6 is 0 Å². The number of imide groups is 1. The molecule has 26 heavy (non-hydrogen) atoms. The summed E-state index contributed by atoms with van der Waals surface area (Å²) in [6.07, 6.45) is 4.43. The Balaban J connectivity index is 1.45. The number of carbonyl (C=O) groups excluding carboxylic acids is 2. The van der Waals surface area contributed by atoms with E-state index in [0.717, 1.165) is 36.0 Å². The molecule has 0 aliphatic heterocycles. The minimum absolute atomic E-state index is 0.0475. The molecule has 1 saturated carbocycles. The van der Waals surface area contributed by atoms with E-state index in [9.17, 15) is 9.59 Å². The van der Waals surface area contributed by atoms with Crippen molar-refractivity contribution in [1.82, 2.24) is 16.0 Å². The van der Waals surface area contributed by atoms with Gasteiger partial charge in [-0.2, -0.15) is 0 Å². The monoisotopic (exact) mass is 357 g/mol. The lowest BCUT2D eigenvalue weighted by molar-refractivity contribution is -0.119. The largest absolute Gasteiger partial charge is 0.459 e. The summed E-state index contributed by atoms with van der Waals surface area (Å²) in [4.78, 5) is 24.0. The second-order valence-electron chi connectivity index (χ2n) is 7.18. The molecule has 1 aliphatic carbocycles. The summed E-state index contributed by atoms with van der Waals surface area (Å²) in [6, 6.07) is 9.35. The molecule has 0 saturated heterocycles. The average Bonchev–Trinajstić information content (AvgIpc) is 3.06. The van der Waals surface area contributed by atoms with E-state index in [4.69, 9.17) is 4.42 Å². The van der Waals surface area contributed by atoms with Gasteiger partial charge in [-0.1, -0.05) is 38.0 Å². The van der Waals surface area contributed by atoms with Crippen molar-refractivity contribution in [2.24, 2.45) is 5.92 Å². The zero-order valence-electron chi connectivity index (χ0n) is 15.4. The molecule has 1 aromatic carbocycles. The molecule has 3 atom stereocenters. The summed E-state index contributed by atoms with van der Waals surface area (Å²) in [5.74, 6) is 0.865. The normalized spacial score (nSPS) is 21.3. The average molecular weight is 357 g/mol. The van der Waals surface area contributed by atoms with Crippen molar-refractivity contribution in [1.29, 1.82) is 0 Å². The maximum absolute atomic E-state index is 12.0. The molecular weight excluding hydrogens is 330 g/mol. The van der Waals surface area contributed by atoms with Crippen LogP contribution in [-0.4, -0.2) is 24.5 Å². The van der Waals surface area contributed by atoms with E-state index in [1.54, 1.807) is 0 Å². The van der Waals surface area contributed by atoms with Crippen molar-refractivity contribution < 1.29 is 14.0 Å². The molecule has 140 valence electrons. The Morgan fingerprint density at radius 1 is 1.23 bits per heavy atom. The number of hydrogen-bond acceptors (Lipinski definition) is 4. The van der Waals surface area contributed by atoms with Crippen LogP contribution in [0.1, 0.15) is 51.3 Å². The summed E-state index contributed by atoms with van der Waals surface area (Å²) in [7, 11) is 0. The van der Waals surface area contributed by atoms with Gasteiger partial charge in [-0.3, -0.25) is 15.4 Å². The van der Waals surface area contributed by atoms with Gasteiger partial charge >= 0.3 is 6.03 Å². The van der Waals surface area contributed by atoms with Crippen LogP contribution in [0.15, 0.2) is 34.7 Å². The SMILES string of the molecule is CC(NCC(=O)NC(=O)NC1CCCCC1C)c1cc2ccccc2o1. The van der Waals surface area contributed by atoms with E-state index in [1.807, 2.05) is 37.3 Å². The van der Waals surface area contributed by atoms with Crippen LogP contribution in [0, 0.1) is 5.92 Å². The second kappa shape index (κ2) is 8.36. The van der Waals surface area contributed by atoms with Crippen LogP contribution < -0.4 is 16.0 Å². The van der Waals surface area contributed by atoms with Crippen LogP contribution in [0.4, 0.5) is 4.79 Å². The van der Waals surface area contributed by atoms with Gasteiger partial charge in [0.05, 0.1) is 12.6 Å². The molecule has 0 radical (unpaired) electrons. The van der Waals surface area contributed by atoms with Crippen molar-refractivity contribution >= 4 is 22.9 Å². The van der Waals surface area contributed by atoms with Crippen molar-refractivity contribution in [3.05, 3.63) is 36.1 Å². The van der Waals surface area contributed by atoms with Gasteiger partial charge in [-0.15, -0.1) is 0 Å². The van der Waals surface area contributed by atoms with Crippen molar-refractivity contribution in [2.75, 3.05) is 6.54 Å². The number of nitrogens with one attached hydrogen (secondary N) is 3. The first kappa shape index (κ1) is 18.5. The first-order chi connectivity index (χ1) is 12.5. The topological polar surface area (TPSA) is 83.4 Å². The van der Waals surface area contributed by atoms with E-state index < -0.39 is 6.03 Å². The van der Waals surface area contributed by atoms with Crippen LogP contribution in [0.25, 0.3) is 11.0 Å². The van der Waals surface area contributed by atoms with Crippen molar-refractivity contribution in [2.45, 2.75) is 51.6 Å². The molecule has 3 N–H and O–H groups in total. The molecule has 3 unspecified atom stereocenters. The lowest BCUT2D eigenvalue weighted by atomic mass is 9.86. The highest BCUT2D eigenvalue weighted by molar-refractivity contribution is 5.95. The Bertz CT molecular complexity index is 738.